The van der Waals surface area contributed by atoms with Crippen LogP contribution in [0.4, 0.5) is 0 Å². The molecule has 0 aliphatic rings. The molecule has 0 amide bonds. The first-order valence-electron chi connectivity index (χ1n) is 2.74. The summed E-state index contributed by atoms with van der Waals surface area (Å²) in [6.45, 7) is 3.03. The predicted octanol–water partition coefficient (Wildman–Crippen LogP) is -5.70. The van der Waals surface area contributed by atoms with Crippen molar-refractivity contribution in [1.82, 2.24) is 0 Å². The van der Waals surface area contributed by atoms with Gasteiger partial charge in [0.2, 0.25) is 0 Å². The number of carboxylic acid groups (broad SMARTS) is 3. The van der Waals surface area contributed by atoms with Crippen molar-refractivity contribution in [2.24, 2.45) is 0 Å². The second kappa shape index (κ2) is 46.4. The number of carboxylic acids is 3. The van der Waals surface area contributed by atoms with Crippen LogP contribution < -0.4 is 10.2 Å². The van der Waals surface area contributed by atoms with Crippen LogP contribution in [0.3, 0.4) is 0 Å². The van der Waals surface area contributed by atoms with E-state index in [-0.39, 0.29) is 38.4 Å². The molecule has 0 aromatic rings. The molecule has 10 nitrogen and oxygen atoms in total. The predicted molar refractivity (Wildman–Crippen MR) is 49.1 cm³/mol. The fraction of sp³-hybridized carbons (Fsp3) is 0.500. The molecule has 0 bridgehead atoms. The van der Waals surface area contributed by atoms with Gasteiger partial charge in [-0.25, -0.2) is 0 Å². The Morgan fingerprint density at radius 3 is 0.765 bits per heavy atom. The molecule has 17 heavy (non-hydrogen) atoms. The minimum atomic E-state index is -1.08. The van der Waals surface area contributed by atoms with Gasteiger partial charge in [-0.2, -0.15) is 0 Å². The fourth-order valence-electron chi connectivity index (χ4n) is 0. The van der Waals surface area contributed by atoms with Gasteiger partial charge in [0.15, 0.2) is 0 Å². The van der Waals surface area contributed by atoms with Gasteiger partial charge in [-0.05, 0) is 13.8 Å². The van der Waals surface area contributed by atoms with E-state index in [2.05, 4.69) is 0 Å². The molecule has 0 rings (SSSR count). The van der Waals surface area contributed by atoms with Gasteiger partial charge < -0.3 is 46.8 Å². The fourth-order valence-corrected chi connectivity index (χ4v) is 0. The maximum absolute atomic E-state index is 9.00. The van der Waals surface area contributed by atoms with Crippen LogP contribution >= 0.6 is 0 Å². The molecule has 0 aliphatic carbocycles. The number of carbonyl (C=O) groups is 3. The number of carbonyl (C=O) groups excluding carboxylic acids is 2. The van der Waals surface area contributed by atoms with Crippen LogP contribution in [0.5, 0.6) is 0 Å². The van der Waals surface area contributed by atoms with Crippen LogP contribution in [-0.4, -0.2) is 44.9 Å². The summed E-state index contributed by atoms with van der Waals surface area (Å²) in [7, 11) is 0. The monoisotopic (exact) mass is 308 g/mol. The van der Waals surface area contributed by atoms with Crippen molar-refractivity contribution in [3.05, 3.63) is 0 Å². The van der Waals surface area contributed by atoms with Gasteiger partial charge in [-0.3, -0.25) is 4.79 Å². The van der Waals surface area contributed by atoms with E-state index >= 15 is 0 Å². The van der Waals surface area contributed by atoms with Crippen LogP contribution in [0, 0.1) is 0 Å². The maximum Gasteiger partial charge on any atom is 2.00 e. The summed E-state index contributed by atoms with van der Waals surface area (Å²) in [5, 5.41) is 25.2. The van der Waals surface area contributed by atoms with E-state index in [1.807, 2.05) is 0 Å². The van der Waals surface area contributed by atoms with E-state index in [1.165, 1.54) is 0 Å². The Kier molecular flexibility index (Phi) is 156. The van der Waals surface area contributed by atoms with Crippen LogP contribution in [0.15, 0.2) is 0 Å². The Hall–Kier alpha value is -1.26. The Morgan fingerprint density at radius 2 is 0.765 bits per heavy atom. The average molecular weight is 309 g/mol. The SMILES string of the molecule is CC(=O)O.CC(=O)[O-].CC(=O)[O-].O.O.O.O.[Ni+2]. The molecule has 9 N–H and O–H groups in total. The van der Waals surface area contributed by atoms with E-state index < -0.39 is 17.9 Å². The second-order valence-corrected chi connectivity index (χ2v) is 1.50. The molecule has 0 aromatic carbocycles. The minimum absolute atomic E-state index is 0. The molecule has 0 saturated heterocycles. The van der Waals surface area contributed by atoms with E-state index in [0.29, 0.717) is 0 Å². The zero-order chi connectivity index (χ0) is 10.7. The molecule has 112 valence electrons. The second-order valence-electron chi connectivity index (χ2n) is 1.50. The van der Waals surface area contributed by atoms with Crippen molar-refractivity contribution in [1.29, 1.82) is 0 Å². The summed E-state index contributed by atoms with van der Waals surface area (Å²) in [4.78, 5) is 26.8. The zero-order valence-corrected chi connectivity index (χ0v) is 10.3. The third-order valence-electron chi connectivity index (χ3n) is 0. The molecule has 0 spiro atoms. The number of hydrogen-bond acceptors (Lipinski definition) is 5. The maximum atomic E-state index is 9.00. The first kappa shape index (κ1) is 57.1. The Labute approximate surface area is 107 Å². The number of hydrogen-bond donors (Lipinski definition) is 1. The molecule has 0 fully saturated rings. The first-order valence-corrected chi connectivity index (χ1v) is 2.74. The van der Waals surface area contributed by atoms with E-state index in [4.69, 9.17) is 29.7 Å². The Morgan fingerprint density at radius 1 is 0.765 bits per heavy atom. The van der Waals surface area contributed by atoms with E-state index in [0.717, 1.165) is 20.8 Å². The molecule has 0 radical (unpaired) electrons. The average Bonchev–Trinajstić information content (AvgIpc) is 1.54. The molecule has 11 heteroatoms. The van der Waals surface area contributed by atoms with E-state index in [1.54, 1.807) is 0 Å². The quantitative estimate of drug-likeness (QED) is 0.426. The van der Waals surface area contributed by atoms with Crippen molar-refractivity contribution in [2.75, 3.05) is 0 Å². The number of rotatable bonds is 0. The largest absolute Gasteiger partial charge is 2.00 e. The van der Waals surface area contributed by atoms with Crippen molar-refractivity contribution in [3.8, 4) is 0 Å². The van der Waals surface area contributed by atoms with Crippen LogP contribution in [-0.2, 0) is 30.9 Å². The Bertz CT molecular complexity index is 118. The summed E-state index contributed by atoms with van der Waals surface area (Å²) < 4.78 is 0. The van der Waals surface area contributed by atoms with Gasteiger partial charge >= 0.3 is 16.5 Å². The minimum Gasteiger partial charge on any atom is -0.550 e. The van der Waals surface area contributed by atoms with Gasteiger partial charge in [0.25, 0.3) is 5.97 Å². The zero-order valence-electron chi connectivity index (χ0n) is 9.30. The molecule has 0 saturated carbocycles. The van der Waals surface area contributed by atoms with E-state index in [9.17, 15) is 0 Å². The van der Waals surface area contributed by atoms with Gasteiger partial charge in [-0.15, -0.1) is 0 Å². The summed E-state index contributed by atoms with van der Waals surface area (Å²) in [6, 6.07) is 0. The molecular formula is C6H18NiO10. The molecule has 0 aromatic heterocycles. The van der Waals surface area contributed by atoms with Crippen LogP contribution in [0.2, 0.25) is 0 Å². The van der Waals surface area contributed by atoms with Gasteiger partial charge in [0.05, 0.1) is 0 Å². The van der Waals surface area contributed by atoms with Crippen molar-refractivity contribution < 1.29 is 68.1 Å². The number of aliphatic carboxylic acids is 3. The third-order valence-corrected chi connectivity index (χ3v) is 0. The van der Waals surface area contributed by atoms with Crippen LogP contribution in [0.1, 0.15) is 20.8 Å². The summed E-state index contributed by atoms with van der Waals surface area (Å²) in [6.07, 6.45) is 0. The van der Waals surface area contributed by atoms with Crippen molar-refractivity contribution >= 4 is 17.9 Å². The molecule has 0 atom stereocenters. The summed E-state index contributed by atoms with van der Waals surface area (Å²) in [5.74, 6) is -3.00. The smallest absolute Gasteiger partial charge is 0.550 e. The molecule has 0 heterocycles. The Balaban J connectivity index is -0.0000000104. The van der Waals surface area contributed by atoms with Crippen molar-refractivity contribution in [3.63, 3.8) is 0 Å². The molecular weight excluding hydrogens is 291 g/mol. The van der Waals surface area contributed by atoms with Crippen molar-refractivity contribution in [2.45, 2.75) is 20.8 Å². The standard InChI is InChI=1S/3C2H4O2.Ni.4H2O/c3*1-2(3)4;;;;;/h3*1H3,(H,3,4);;4*1H2/q;;;+2;;;;/p-2. The molecule has 0 unspecified atom stereocenters. The summed E-state index contributed by atoms with van der Waals surface area (Å²) >= 11 is 0. The third kappa shape index (κ3) is 1520. The van der Waals surface area contributed by atoms with Gasteiger partial charge in [0.1, 0.15) is 0 Å². The van der Waals surface area contributed by atoms with Gasteiger partial charge in [-0.1, -0.05) is 0 Å². The summed E-state index contributed by atoms with van der Waals surface area (Å²) in [5.41, 5.74) is 0. The first-order chi connectivity index (χ1) is 5.20. The normalized spacial score (nSPS) is 4.41. The van der Waals surface area contributed by atoms with Crippen LogP contribution in [0.25, 0.3) is 0 Å². The molecule has 0 aliphatic heterocycles. The van der Waals surface area contributed by atoms with Gasteiger partial charge in [0, 0.05) is 18.9 Å². The topological polar surface area (TPSA) is 244 Å².